The van der Waals surface area contributed by atoms with Crippen LogP contribution in [0.5, 0.6) is 0 Å². The van der Waals surface area contributed by atoms with Gasteiger partial charge in [-0.3, -0.25) is 0 Å². The quantitative estimate of drug-likeness (QED) is 0.881. The number of halogens is 1. The summed E-state index contributed by atoms with van der Waals surface area (Å²) < 4.78 is 11.3. The summed E-state index contributed by atoms with van der Waals surface area (Å²) in [6.45, 7) is 0. The molecule has 0 spiro atoms. The van der Waals surface area contributed by atoms with Crippen LogP contribution in [-0.2, 0) is 9.47 Å². The molecule has 0 unspecified atom stereocenters. The molecule has 0 radical (unpaired) electrons. The van der Waals surface area contributed by atoms with Crippen molar-refractivity contribution in [2.45, 2.75) is 12.8 Å². The molecule has 1 aliphatic heterocycles. The summed E-state index contributed by atoms with van der Waals surface area (Å²) in [5.74, 6) is 1.80. The Bertz CT molecular complexity index is 916. The fourth-order valence-corrected chi connectivity index (χ4v) is 2.74. The number of anilines is 1. The number of hydrogen-bond donors (Lipinski definition) is 1. The number of fused-ring (bicyclic) bond motifs is 1. The number of rotatable bonds is 3. The number of benzene rings is 1. The highest BCUT2D eigenvalue weighted by molar-refractivity contribution is 6.31. The highest BCUT2D eigenvalue weighted by atomic mass is 35.5. The Hall–Kier alpha value is -2.79. The van der Waals surface area contributed by atoms with Gasteiger partial charge in [0, 0.05) is 10.4 Å². The van der Waals surface area contributed by atoms with Crippen molar-refractivity contribution in [3.63, 3.8) is 0 Å². The van der Waals surface area contributed by atoms with E-state index in [4.69, 9.17) is 21.1 Å². The zero-order valence-corrected chi connectivity index (χ0v) is 13.5. The van der Waals surface area contributed by atoms with Crippen molar-refractivity contribution < 1.29 is 9.47 Å². The Morgan fingerprint density at radius 2 is 2.12 bits per heavy atom. The predicted octanol–water partition coefficient (Wildman–Crippen LogP) is 4.66. The number of aromatic nitrogens is 2. The van der Waals surface area contributed by atoms with E-state index in [0.29, 0.717) is 22.5 Å². The monoisotopic (exact) mass is 339 g/mol. The van der Waals surface area contributed by atoms with Gasteiger partial charge in [-0.15, -0.1) is 0 Å². The predicted molar refractivity (Wildman–Crippen MR) is 93.0 cm³/mol. The van der Waals surface area contributed by atoms with E-state index in [1.54, 1.807) is 18.4 Å². The van der Waals surface area contributed by atoms with E-state index in [9.17, 15) is 0 Å². The first-order valence-corrected chi connectivity index (χ1v) is 7.94. The SMILES string of the molecule is Clc1ccc2c(NC3=COC=C(C4=CC=CCC4)O3)ncnc2c1. The lowest BCUT2D eigenvalue weighted by Gasteiger charge is -2.20. The van der Waals surface area contributed by atoms with E-state index >= 15 is 0 Å². The number of nitrogens with one attached hydrogen (secondary N) is 1. The van der Waals surface area contributed by atoms with Crippen LogP contribution in [0, 0.1) is 0 Å². The van der Waals surface area contributed by atoms with Gasteiger partial charge >= 0.3 is 0 Å². The van der Waals surface area contributed by atoms with Crippen molar-refractivity contribution in [1.82, 2.24) is 9.97 Å². The lowest BCUT2D eigenvalue weighted by atomic mass is 10.0. The Kier molecular flexibility index (Phi) is 3.92. The summed E-state index contributed by atoms with van der Waals surface area (Å²) in [7, 11) is 0. The van der Waals surface area contributed by atoms with E-state index in [1.807, 2.05) is 18.2 Å². The minimum Gasteiger partial charge on any atom is -0.463 e. The van der Waals surface area contributed by atoms with Gasteiger partial charge in [-0.2, -0.15) is 0 Å². The van der Waals surface area contributed by atoms with Gasteiger partial charge in [-0.1, -0.05) is 29.8 Å². The Labute approximate surface area is 144 Å². The van der Waals surface area contributed by atoms with E-state index in [1.165, 1.54) is 12.6 Å². The second-order valence-corrected chi connectivity index (χ2v) is 5.81. The Morgan fingerprint density at radius 1 is 1.17 bits per heavy atom. The lowest BCUT2D eigenvalue weighted by Crippen LogP contribution is -2.11. The van der Waals surface area contributed by atoms with Crippen molar-refractivity contribution in [2.24, 2.45) is 0 Å². The number of nitrogens with zero attached hydrogens (tertiary/aromatic N) is 2. The molecule has 2 heterocycles. The maximum absolute atomic E-state index is 6.01. The van der Waals surface area contributed by atoms with Crippen LogP contribution >= 0.6 is 11.6 Å². The smallest absolute Gasteiger partial charge is 0.234 e. The average Bonchev–Trinajstić information content (AvgIpc) is 2.63. The van der Waals surface area contributed by atoms with Gasteiger partial charge < -0.3 is 14.8 Å². The fraction of sp³-hybridized carbons (Fsp3) is 0.111. The summed E-state index contributed by atoms with van der Waals surface area (Å²) in [6, 6.07) is 5.46. The maximum Gasteiger partial charge on any atom is 0.234 e. The third-order valence-electron chi connectivity index (χ3n) is 3.74. The van der Waals surface area contributed by atoms with E-state index < -0.39 is 0 Å². The number of ether oxygens (including phenoxy) is 2. The molecule has 24 heavy (non-hydrogen) atoms. The van der Waals surface area contributed by atoms with Gasteiger partial charge in [0.15, 0.2) is 12.0 Å². The zero-order valence-electron chi connectivity index (χ0n) is 12.7. The van der Waals surface area contributed by atoms with Crippen LogP contribution in [0.15, 0.2) is 72.5 Å². The molecule has 0 bridgehead atoms. The molecule has 1 N–H and O–H groups in total. The topological polar surface area (TPSA) is 56.3 Å². The van der Waals surface area contributed by atoms with E-state index in [0.717, 1.165) is 29.3 Å². The first kappa shape index (κ1) is 14.8. The van der Waals surface area contributed by atoms with Gasteiger partial charge in [0.05, 0.1) is 5.52 Å². The molecule has 0 amide bonds. The van der Waals surface area contributed by atoms with Gasteiger partial charge in [0.25, 0.3) is 0 Å². The molecule has 5 nitrogen and oxygen atoms in total. The van der Waals surface area contributed by atoms with Crippen molar-refractivity contribution in [1.29, 1.82) is 0 Å². The second-order valence-electron chi connectivity index (χ2n) is 5.37. The Balaban J connectivity index is 1.57. The van der Waals surface area contributed by atoms with Crippen LogP contribution in [0.4, 0.5) is 5.82 Å². The summed E-state index contributed by atoms with van der Waals surface area (Å²) in [5, 5.41) is 4.63. The molecule has 0 saturated heterocycles. The van der Waals surface area contributed by atoms with Crippen molar-refractivity contribution in [2.75, 3.05) is 5.32 Å². The van der Waals surface area contributed by atoms with Crippen molar-refractivity contribution >= 4 is 28.3 Å². The molecule has 4 rings (SSSR count). The minimum absolute atomic E-state index is 0.470. The van der Waals surface area contributed by atoms with Crippen molar-refractivity contribution in [3.05, 3.63) is 77.5 Å². The normalized spacial score (nSPS) is 16.6. The summed E-state index contributed by atoms with van der Waals surface area (Å²) >= 11 is 6.01. The van der Waals surface area contributed by atoms with E-state index in [2.05, 4.69) is 21.4 Å². The summed E-state index contributed by atoms with van der Waals surface area (Å²) in [6.07, 6.45) is 12.7. The van der Waals surface area contributed by atoms with Gasteiger partial charge in [-0.25, -0.2) is 9.97 Å². The molecule has 6 heteroatoms. The molecular formula is C18H14ClN3O2. The molecular weight excluding hydrogens is 326 g/mol. The van der Waals surface area contributed by atoms with Crippen LogP contribution in [-0.4, -0.2) is 9.97 Å². The first-order valence-electron chi connectivity index (χ1n) is 7.56. The number of hydrogen-bond acceptors (Lipinski definition) is 5. The molecule has 1 aromatic carbocycles. The average molecular weight is 340 g/mol. The molecule has 2 aliphatic rings. The zero-order chi connectivity index (χ0) is 16.4. The van der Waals surface area contributed by atoms with Gasteiger partial charge in [0.1, 0.15) is 18.4 Å². The molecule has 0 fully saturated rings. The highest BCUT2D eigenvalue weighted by Gasteiger charge is 2.16. The van der Waals surface area contributed by atoms with Gasteiger partial charge in [-0.05, 0) is 36.6 Å². The van der Waals surface area contributed by atoms with Crippen LogP contribution in [0.3, 0.4) is 0 Å². The molecule has 0 atom stereocenters. The molecule has 2 aromatic rings. The lowest BCUT2D eigenvalue weighted by molar-refractivity contribution is 0.233. The second kappa shape index (κ2) is 6.37. The molecule has 1 aromatic heterocycles. The minimum atomic E-state index is 0.470. The molecule has 120 valence electrons. The maximum atomic E-state index is 6.01. The van der Waals surface area contributed by atoms with Crippen LogP contribution < -0.4 is 5.32 Å². The van der Waals surface area contributed by atoms with Gasteiger partial charge in [0.2, 0.25) is 5.88 Å². The van der Waals surface area contributed by atoms with Crippen LogP contribution in [0.2, 0.25) is 5.02 Å². The van der Waals surface area contributed by atoms with Crippen molar-refractivity contribution in [3.8, 4) is 0 Å². The fourth-order valence-electron chi connectivity index (χ4n) is 2.57. The largest absolute Gasteiger partial charge is 0.463 e. The molecule has 0 saturated carbocycles. The highest BCUT2D eigenvalue weighted by Crippen LogP contribution is 2.28. The third-order valence-corrected chi connectivity index (χ3v) is 3.98. The number of allylic oxidation sites excluding steroid dienone is 4. The summed E-state index contributed by atoms with van der Waals surface area (Å²) in [4.78, 5) is 8.51. The Morgan fingerprint density at radius 3 is 3.00 bits per heavy atom. The van der Waals surface area contributed by atoms with E-state index in [-0.39, 0.29) is 0 Å². The standard InChI is InChI=1S/C18H14ClN3O2/c19-13-6-7-14-15(8-13)20-11-21-18(14)22-17-10-23-9-16(24-17)12-4-2-1-3-5-12/h1-2,4,6-11H,3,5H2,(H,20,21,22). The third kappa shape index (κ3) is 2.98. The first-order chi connectivity index (χ1) is 11.8. The van der Waals surface area contributed by atoms with Crippen LogP contribution in [0.1, 0.15) is 12.8 Å². The molecule has 1 aliphatic carbocycles. The van der Waals surface area contributed by atoms with Crippen LogP contribution in [0.25, 0.3) is 10.9 Å². The summed E-state index contributed by atoms with van der Waals surface area (Å²) in [5.41, 5.74) is 1.86.